The fourth-order valence-corrected chi connectivity index (χ4v) is 14.4. The molecule has 0 bridgehead atoms. The number of aryl methyl sites for hydroxylation is 2. The molecule has 0 spiro atoms. The van der Waals surface area contributed by atoms with Crippen molar-refractivity contribution in [3.63, 3.8) is 0 Å². The first-order valence-electron chi connectivity index (χ1n) is 36.4. The van der Waals surface area contributed by atoms with Crippen molar-refractivity contribution in [1.29, 1.82) is 0 Å². The topological polar surface area (TPSA) is 0 Å². The zero-order chi connectivity index (χ0) is 64.8. The van der Waals surface area contributed by atoms with E-state index in [9.17, 15) is 0 Å². The average Bonchev–Trinajstić information content (AvgIpc) is 1.81. The Balaban J connectivity index is 0.000000652. The van der Waals surface area contributed by atoms with Gasteiger partial charge in [-0.15, -0.1) is 13.2 Å². The SMILES string of the molecule is C=C.C=C(C)c1ccc(CC(=C)C2CCC(CCCCC)CC2)cc1.C=C(CC1CCC(c2ccc(CC(=C)C3CCC(C)CC3)c(-c3cc(C)cc(C)c3)c2)CC1)c1ccc(CC(=C)C2CCC(CCCC(C)C)CC2)cc1.CC.CC.CC.CC. The van der Waals surface area contributed by atoms with E-state index in [0.29, 0.717) is 17.8 Å². The highest BCUT2D eigenvalue weighted by Crippen LogP contribution is 2.43. The normalized spacial score (nSPS) is 21.2. The Morgan fingerprint density at radius 1 is 0.471 bits per heavy atom. The van der Waals surface area contributed by atoms with Gasteiger partial charge in [0, 0.05) is 0 Å². The van der Waals surface area contributed by atoms with Crippen molar-refractivity contribution in [2.75, 3.05) is 0 Å². The van der Waals surface area contributed by atoms with Gasteiger partial charge in [0.2, 0.25) is 0 Å². The Hall–Kier alpha value is -4.68. The van der Waals surface area contributed by atoms with Crippen molar-refractivity contribution in [2.24, 2.45) is 47.3 Å². The summed E-state index contributed by atoms with van der Waals surface area (Å²) in [5.41, 5.74) is 20.7. The Bertz CT molecular complexity index is 2480. The molecule has 0 heteroatoms. The Morgan fingerprint density at radius 3 is 1.34 bits per heavy atom. The molecule has 0 radical (unpaired) electrons. The predicted molar refractivity (Wildman–Crippen MR) is 397 cm³/mol. The summed E-state index contributed by atoms with van der Waals surface area (Å²) < 4.78 is 0. The number of benzene rings is 4. The van der Waals surface area contributed by atoms with Crippen LogP contribution in [-0.4, -0.2) is 0 Å². The van der Waals surface area contributed by atoms with Gasteiger partial charge in [0.25, 0.3) is 0 Å². The summed E-state index contributed by atoms with van der Waals surface area (Å²) in [5, 5.41) is 0. The molecule has 0 nitrogen and oxygen atoms in total. The van der Waals surface area contributed by atoms with Crippen molar-refractivity contribution >= 4 is 11.1 Å². The summed E-state index contributed by atoms with van der Waals surface area (Å²) in [5.74, 6) is 7.16. The first-order chi connectivity index (χ1) is 42.1. The number of unbranched alkanes of at least 4 members (excludes halogenated alkanes) is 2. The molecule has 4 saturated carbocycles. The summed E-state index contributed by atoms with van der Waals surface area (Å²) in [7, 11) is 0. The smallest absolute Gasteiger partial charge is 0.00609 e. The van der Waals surface area contributed by atoms with Crippen molar-refractivity contribution in [1.82, 2.24) is 0 Å². The average molecular weight is 1180 g/mol. The maximum atomic E-state index is 4.67. The predicted octanol–water partition coefficient (Wildman–Crippen LogP) is 28.1. The molecule has 87 heavy (non-hydrogen) atoms. The largest absolute Gasteiger partial charge is 0.106 e. The van der Waals surface area contributed by atoms with E-state index in [-0.39, 0.29) is 0 Å². The fraction of sp³-hybridized carbons (Fsp3) is 0.586. The van der Waals surface area contributed by atoms with Crippen molar-refractivity contribution in [3.05, 3.63) is 192 Å². The van der Waals surface area contributed by atoms with Crippen molar-refractivity contribution in [2.45, 2.75) is 283 Å². The van der Waals surface area contributed by atoms with E-state index < -0.39 is 0 Å². The van der Waals surface area contributed by atoms with Crippen LogP contribution in [0.15, 0.2) is 148 Å². The summed E-state index contributed by atoms with van der Waals surface area (Å²) in [6, 6.07) is 32.8. The van der Waals surface area contributed by atoms with Crippen LogP contribution in [0.4, 0.5) is 0 Å². The van der Waals surface area contributed by atoms with Gasteiger partial charge in [0.1, 0.15) is 0 Å². The highest BCUT2D eigenvalue weighted by Gasteiger charge is 2.27. The molecule has 0 N–H and O–H groups in total. The Labute approximate surface area is 541 Å². The molecule has 0 unspecified atom stereocenters. The number of allylic oxidation sites excluding steroid dienone is 5. The first kappa shape index (κ1) is 78.4. The summed E-state index contributed by atoms with van der Waals surface area (Å²) >= 11 is 0. The molecule has 4 aromatic rings. The van der Waals surface area contributed by atoms with Crippen LogP contribution in [0.1, 0.15) is 295 Å². The zero-order valence-corrected chi connectivity index (χ0v) is 59.8. The second kappa shape index (κ2) is 44.7. The van der Waals surface area contributed by atoms with Gasteiger partial charge < -0.3 is 0 Å². The number of hydrogen-bond donors (Lipinski definition) is 0. The van der Waals surface area contributed by atoms with Crippen LogP contribution in [0, 0.1) is 61.2 Å². The molecule has 0 amide bonds. The van der Waals surface area contributed by atoms with Gasteiger partial charge in [-0.05, 0) is 240 Å². The van der Waals surface area contributed by atoms with Gasteiger partial charge >= 0.3 is 0 Å². The standard InChI is InChI=1S/C54H74.C23H34.4C2H6.C2H4/c1-37(2)10-9-11-44-14-22-48(23-15-44)41(6)33-45-16-24-49(25-17-45)42(7)34-46-18-26-50(27-19-46)51-28-29-52(35-43(8)47-20-12-38(3)13-21-47)54(36-51)53-31-39(4)30-40(5)32-53;1-5-6-7-8-20-9-15-23(16-10-20)19(4)17-21-11-13-22(14-12-21)18(2)3;5*1-2/h16-17,24-25,28-32,36-38,44,46-48,50H,6-15,18-23,26-27,33-35H2,1-5H3;11-14,20,23H,2,4-10,15-17H2,1,3H3;4*1-2H3;1-2H2. The van der Waals surface area contributed by atoms with Crippen LogP contribution in [0.25, 0.3) is 22.3 Å². The molecule has 0 atom stereocenters. The van der Waals surface area contributed by atoms with E-state index >= 15 is 0 Å². The lowest BCUT2D eigenvalue weighted by Crippen LogP contribution is -2.17. The van der Waals surface area contributed by atoms with E-state index in [2.05, 4.69) is 179 Å². The third-order valence-electron chi connectivity index (χ3n) is 19.7. The monoisotopic (exact) mass is 1180 g/mol. The molecule has 0 aliphatic heterocycles. The van der Waals surface area contributed by atoms with Crippen LogP contribution in [0.3, 0.4) is 0 Å². The minimum absolute atomic E-state index is 0.642. The molecule has 0 aromatic heterocycles. The third kappa shape index (κ3) is 27.9. The van der Waals surface area contributed by atoms with Gasteiger partial charge in [-0.25, -0.2) is 0 Å². The van der Waals surface area contributed by atoms with Gasteiger partial charge in [-0.3, -0.25) is 0 Å². The van der Waals surface area contributed by atoms with E-state index in [1.54, 1.807) is 0 Å². The maximum Gasteiger partial charge on any atom is -0.00609 e. The van der Waals surface area contributed by atoms with Crippen LogP contribution in [0.5, 0.6) is 0 Å². The molecule has 4 fully saturated rings. The second-order valence-electron chi connectivity index (χ2n) is 26.7. The summed E-state index contributed by atoms with van der Waals surface area (Å²) in [6.45, 7) is 60.2. The van der Waals surface area contributed by atoms with Gasteiger partial charge in [0.15, 0.2) is 0 Å². The van der Waals surface area contributed by atoms with E-state index in [0.717, 1.165) is 66.8 Å². The lowest BCUT2D eigenvalue weighted by molar-refractivity contribution is 0.277. The quantitative estimate of drug-likeness (QED) is 0.0513. The van der Waals surface area contributed by atoms with Crippen LogP contribution >= 0.6 is 0 Å². The maximum absolute atomic E-state index is 4.67. The molecule has 4 aromatic carbocycles. The molecule has 484 valence electrons. The number of rotatable bonds is 23. The van der Waals surface area contributed by atoms with Gasteiger partial charge in [-0.2, -0.15) is 0 Å². The minimum atomic E-state index is 0.642. The summed E-state index contributed by atoms with van der Waals surface area (Å²) in [4.78, 5) is 0. The van der Waals surface area contributed by atoms with Gasteiger partial charge in [-0.1, -0.05) is 292 Å². The van der Waals surface area contributed by atoms with Crippen LogP contribution in [0.2, 0.25) is 0 Å². The summed E-state index contributed by atoms with van der Waals surface area (Å²) in [6.07, 6.45) is 35.6. The number of hydrogen-bond acceptors (Lipinski definition) is 0. The minimum Gasteiger partial charge on any atom is -0.106 e. The van der Waals surface area contributed by atoms with Gasteiger partial charge in [0.05, 0.1) is 0 Å². The molecular weight excluding hydrogens is 1040 g/mol. The lowest BCUT2D eigenvalue weighted by atomic mass is 9.75. The van der Waals surface area contributed by atoms with Crippen LogP contribution in [-0.2, 0) is 19.3 Å². The fourth-order valence-electron chi connectivity index (χ4n) is 14.4. The van der Waals surface area contributed by atoms with Crippen molar-refractivity contribution < 1.29 is 0 Å². The van der Waals surface area contributed by atoms with E-state index in [1.807, 2.05) is 55.4 Å². The van der Waals surface area contributed by atoms with E-state index in [4.69, 9.17) is 0 Å². The highest BCUT2D eigenvalue weighted by molar-refractivity contribution is 5.70. The molecule has 0 saturated heterocycles. The third-order valence-corrected chi connectivity index (χ3v) is 19.7. The van der Waals surface area contributed by atoms with Crippen molar-refractivity contribution in [3.8, 4) is 11.1 Å². The highest BCUT2D eigenvalue weighted by atomic mass is 14.3. The first-order valence-corrected chi connectivity index (χ1v) is 36.4. The molecule has 4 aliphatic rings. The zero-order valence-electron chi connectivity index (χ0n) is 59.8. The Morgan fingerprint density at radius 2 is 0.897 bits per heavy atom. The lowest BCUT2D eigenvalue weighted by Gasteiger charge is -2.30. The molecule has 8 rings (SSSR count). The molecule has 4 aliphatic carbocycles. The second-order valence-corrected chi connectivity index (χ2v) is 26.7. The van der Waals surface area contributed by atoms with Crippen LogP contribution < -0.4 is 0 Å². The van der Waals surface area contributed by atoms with E-state index in [1.165, 1.54) is 226 Å². The Kier molecular flexibility index (Phi) is 40.3. The molecule has 0 heterocycles. The molecular formula is C87H136.